The summed E-state index contributed by atoms with van der Waals surface area (Å²) < 4.78 is 5.86. The molecule has 0 spiro atoms. The molecule has 0 aromatic heterocycles. The summed E-state index contributed by atoms with van der Waals surface area (Å²) >= 11 is 5.63. The van der Waals surface area contributed by atoms with Gasteiger partial charge in [-0.15, -0.1) is 0 Å². The maximum atomic E-state index is 11.5. The van der Waals surface area contributed by atoms with Crippen LogP contribution in [-0.2, 0) is 13.0 Å². The molecule has 26 heavy (non-hydrogen) atoms. The highest BCUT2D eigenvalue weighted by atomic mass is 35.5. The van der Waals surface area contributed by atoms with Crippen LogP contribution in [0.15, 0.2) is 72.8 Å². The van der Waals surface area contributed by atoms with Gasteiger partial charge in [0, 0.05) is 17.0 Å². The summed E-state index contributed by atoms with van der Waals surface area (Å²) in [7, 11) is 0. The minimum absolute atomic E-state index is 0.320. The Labute approximate surface area is 158 Å². The van der Waals surface area contributed by atoms with Gasteiger partial charge in [0.2, 0.25) is 0 Å². The molecule has 0 fully saturated rings. The van der Waals surface area contributed by atoms with Crippen molar-refractivity contribution >= 4 is 16.8 Å². The normalized spacial score (nSPS) is 15.5. The number of rotatable bonds is 5. The first-order valence-electron chi connectivity index (χ1n) is 8.80. The van der Waals surface area contributed by atoms with E-state index in [-0.39, 0.29) is 0 Å². The van der Waals surface area contributed by atoms with E-state index in [9.17, 15) is 4.79 Å². The first-order chi connectivity index (χ1) is 12.7. The Balaban J connectivity index is 1.47. The number of carbonyl (C=O) groups excluding carboxylic acids is 1. The van der Waals surface area contributed by atoms with E-state index in [1.165, 1.54) is 16.7 Å². The Morgan fingerprint density at radius 1 is 0.962 bits per heavy atom. The molecule has 0 aliphatic heterocycles. The van der Waals surface area contributed by atoms with Crippen LogP contribution in [0.2, 0.25) is 0 Å². The molecule has 1 atom stereocenters. The monoisotopic (exact) mass is 362 g/mol. The molecule has 2 nitrogen and oxygen atoms in total. The van der Waals surface area contributed by atoms with Gasteiger partial charge in [-0.05, 0) is 59.3 Å². The van der Waals surface area contributed by atoms with Crippen molar-refractivity contribution in [3.63, 3.8) is 0 Å². The number of fused-ring (bicyclic) bond motifs is 1. The number of hydrogen-bond acceptors (Lipinski definition) is 2. The van der Waals surface area contributed by atoms with Crippen molar-refractivity contribution in [2.24, 2.45) is 0 Å². The van der Waals surface area contributed by atoms with Gasteiger partial charge in [-0.2, -0.15) is 0 Å². The first-order valence-corrected chi connectivity index (χ1v) is 9.18. The van der Waals surface area contributed by atoms with Crippen LogP contribution in [0.3, 0.4) is 0 Å². The lowest BCUT2D eigenvalue weighted by Gasteiger charge is -2.14. The summed E-state index contributed by atoms with van der Waals surface area (Å²) in [4.78, 5) is 11.5. The van der Waals surface area contributed by atoms with Crippen LogP contribution in [0.1, 0.15) is 45.0 Å². The Morgan fingerprint density at radius 3 is 2.50 bits per heavy atom. The molecule has 1 aliphatic rings. The number of halogens is 1. The van der Waals surface area contributed by atoms with Crippen LogP contribution in [0.5, 0.6) is 5.75 Å². The van der Waals surface area contributed by atoms with E-state index in [4.69, 9.17) is 16.3 Å². The van der Waals surface area contributed by atoms with Crippen LogP contribution in [-0.4, -0.2) is 5.24 Å². The largest absolute Gasteiger partial charge is 0.489 e. The highest BCUT2D eigenvalue weighted by Crippen LogP contribution is 2.38. The molecule has 0 saturated heterocycles. The zero-order valence-electron chi connectivity index (χ0n) is 14.3. The standard InChI is InChI=1S/C23H19ClO2/c24-23(25)22-8-4-2-6-18(22)15-26-19-12-9-17(10-13-19)21-14-11-16-5-1-3-7-20(16)21/h1-10,12-13,21H,11,14-15H2. The van der Waals surface area contributed by atoms with Gasteiger partial charge >= 0.3 is 0 Å². The zero-order valence-corrected chi connectivity index (χ0v) is 15.1. The third-order valence-corrected chi connectivity index (χ3v) is 5.24. The summed E-state index contributed by atoms with van der Waals surface area (Å²) in [5.41, 5.74) is 5.50. The number of hydrogen-bond donors (Lipinski definition) is 0. The molecule has 1 unspecified atom stereocenters. The molecular formula is C23H19ClO2. The predicted octanol–water partition coefficient (Wildman–Crippen LogP) is 5.72. The Kier molecular flexibility index (Phi) is 4.77. The molecule has 4 rings (SSSR count). The molecule has 3 aromatic rings. The van der Waals surface area contributed by atoms with Gasteiger partial charge in [-0.25, -0.2) is 0 Å². The second-order valence-corrected chi connectivity index (χ2v) is 6.92. The molecule has 0 heterocycles. The minimum atomic E-state index is -0.459. The highest BCUT2D eigenvalue weighted by molar-refractivity contribution is 6.67. The molecule has 0 bridgehead atoms. The van der Waals surface area contributed by atoms with E-state index in [1.807, 2.05) is 24.3 Å². The molecule has 0 N–H and O–H groups in total. The fraction of sp³-hybridized carbons (Fsp3) is 0.174. The molecule has 0 amide bonds. The third kappa shape index (κ3) is 3.38. The summed E-state index contributed by atoms with van der Waals surface area (Å²) in [5.74, 6) is 1.26. The Hall–Kier alpha value is -2.58. The van der Waals surface area contributed by atoms with Gasteiger partial charge in [0.05, 0.1) is 0 Å². The van der Waals surface area contributed by atoms with Gasteiger partial charge in [-0.3, -0.25) is 4.79 Å². The van der Waals surface area contributed by atoms with E-state index < -0.39 is 5.24 Å². The van der Waals surface area contributed by atoms with E-state index in [0.717, 1.165) is 24.2 Å². The van der Waals surface area contributed by atoms with Crippen LogP contribution in [0.4, 0.5) is 0 Å². The van der Waals surface area contributed by atoms with Gasteiger partial charge in [0.15, 0.2) is 0 Å². The molecule has 1 aliphatic carbocycles. The maximum absolute atomic E-state index is 11.5. The summed E-state index contributed by atoms with van der Waals surface area (Å²) in [5, 5.41) is -0.459. The van der Waals surface area contributed by atoms with E-state index in [0.29, 0.717) is 18.1 Å². The fourth-order valence-electron chi connectivity index (χ4n) is 3.70. The summed E-state index contributed by atoms with van der Waals surface area (Å²) in [6.07, 6.45) is 2.30. The van der Waals surface area contributed by atoms with Crippen molar-refractivity contribution in [3.05, 3.63) is 101 Å². The van der Waals surface area contributed by atoms with E-state index in [1.54, 1.807) is 12.1 Å². The predicted molar refractivity (Wildman–Crippen MR) is 104 cm³/mol. The molecule has 3 aromatic carbocycles. The average Bonchev–Trinajstić information content (AvgIpc) is 3.11. The lowest BCUT2D eigenvalue weighted by atomic mass is 9.93. The topological polar surface area (TPSA) is 26.3 Å². The molecule has 0 saturated carbocycles. The lowest BCUT2D eigenvalue weighted by molar-refractivity contribution is 0.107. The maximum Gasteiger partial charge on any atom is 0.252 e. The van der Waals surface area contributed by atoms with Gasteiger partial charge in [0.1, 0.15) is 12.4 Å². The lowest BCUT2D eigenvalue weighted by Crippen LogP contribution is -2.02. The van der Waals surface area contributed by atoms with Crippen LogP contribution < -0.4 is 4.74 Å². The van der Waals surface area contributed by atoms with E-state index in [2.05, 4.69) is 36.4 Å². The summed E-state index contributed by atoms with van der Waals surface area (Å²) in [6.45, 7) is 0.320. The van der Waals surface area contributed by atoms with Crippen molar-refractivity contribution in [1.29, 1.82) is 0 Å². The van der Waals surface area contributed by atoms with E-state index >= 15 is 0 Å². The second-order valence-electron chi connectivity index (χ2n) is 6.58. The number of aryl methyl sites for hydroxylation is 1. The van der Waals surface area contributed by atoms with Crippen molar-refractivity contribution < 1.29 is 9.53 Å². The van der Waals surface area contributed by atoms with Gasteiger partial charge in [0.25, 0.3) is 5.24 Å². The van der Waals surface area contributed by atoms with Crippen molar-refractivity contribution in [2.45, 2.75) is 25.4 Å². The Morgan fingerprint density at radius 2 is 1.69 bits per heavy atom. The van der Waals surface area contributed by atoms with Gasteiger partial charge in [-0.1, -0.05) is 54.6 Å². The molecular weight excluding hydrogens is 344 g/mol. The van der Waals surface area contributed by atoms with Crippen molar-refractivity contribution in [1.82, 2.24) is 0 Å². The highest BCUT2D eigenvalue weighted by Gasteiger charge is 2.23. The quantitative estimate of drug-likeness (QED) is 0.542. The van der Waals surface area contributed by atoms with Crippen LogP contribution in [0, 0.1) is 0 Å². The Bertz CT molecular complexity index is 931. The number of benzene rings is 3. The summed E-state index contributed by atoms with van der Waals surface area (Å²) in [6, 6.07) is 24.2. The number of ether oxygens (including phenoxy) is 1. The second kappa shape index (κ2) is 7.35. The smallest absolute Gasteiger partial charge is 0.252 e. The van der Waals surface area contributed by atoms with Crippen LogP contribution in [0.25, 0.3) is 0 Å². The molecule has 3 heteroatoms. The minimum Gasteiger partial charge on any atom is -0.489 e. The van der Waals surface area contributed by atoms with Crippen molar-refractivity contribution in [3.8, 4) is 5.75 Å². The first kappa shape index (κ1) is 16.9. The number of carbonyl (C=O) groups is 1. The van der Waals surface area contributed by atoms with Gasteiger partial charge < -0.3 is 4.74 Å². The fourth-order valence-corrected chi connectivity index (χ4v) is 3.88. The van der Waals surface area contributed by atoms with Crippen LogP contribution >= 0.6 is 11.6 Å². The molecule has 130 valence electrons. The zero-order chi connectivity index (χ0) is 17.9. The average molecular weight is 363 g/mol. The SMILES string of the molecule is O=C(Cl)c1ccccc1COc1ccc(C2CCc3ccccc32)cc1. The molecule has 0 radical (unpaired) electrons. The van der Waals surface area contributed by atoms with Crippen molar-refractivity contribution in [2.75, 3.05) is 0 Å². The third-order valence-electron chi connectivity index (χ3n) is 5.04.